The lowest BCUT2D eigenvalue weighted by Crippen LogP contribution is -2.50. The van der Waals surface area contributed by atoms with E-state index in [1.54, 1.807) is 6.92 Å². The summed E-state index contributed by atoms with van der Waals surface area (Å²) in [5.74, 6) is -1.90. The number of nitrogens with one attached hydrogen (secondary N) is 2. The number of carboxylic acid groups (broad SMARTS) is 1. The molecular weight excluding hydrogens is 228 g/mol. The summed E-state index contributed by atoms with van der Waals surface area (Å²) in [6.07, 6.45) is 0.619. The molecule has 0 aromatic rings. The summed E-state index contributed by atoms with van der Waals surface area (Å²) in [4.78, 5) is 32.9. The van der Waals surface area contributed by atoms with E-state index in [-0.39, 0.29) is 12.5 Å². The fourth-order valence-corrected chi connectivity index (χ4v) is 1.10. The van der Waals surface area contributed by atoms with Gasteiger partial charge in [0.15, 0.2) is 0 Å². The maximum atomic E-state index is 11.3. The molecule has 2 atom stereocenters. The number of carboxylic acids is 1. The van der Waals surface area contributed by atoms with Gasteiger partial charge in [0.1, 0.15) is 12.6 Å². The summed E-state index contributed by atoms with van der Waals surface area (Å²) in [6.45, 7) is 3.25. The second kappa shape index (κ2) is 7.48. The predicted octanol–water partition coefficient (Wildman–Crippen LogP) is -0.0421. The molecule has 0 rings (SSSR count). The molecule has 0 aliphatic carbocycles. The molecule has 98 valence electrons. The van der Waals surface area contributed by atoms with Crippen LogP contribution >= 0.6 is 0 Å². The Morgan fingerprint density at radius 1 is 1.35 bits per heavy atom. The van der Waals surface area contributed by atoms with Gasteiger partial charge in [0.25, 0.3) is 0 Å². The van der Waals surface area contributed by atoms with Gasteiger partial charge >= 0.3 is 18.0 Å². The number of rotatable bonds is 6. The molecule has 7 heteroatoms. The van der Waals surface area contributed by atoms with Gasteiger partial charge in [-0.1, -0.05) is 20.3 Å². The third kappa shape index (κ3) is 5.74. The van der Waals surface area contributed by atoms with Crippen molar-refractivity contribution in [2.24, 2.45) is 5.92 Å². The lowest BCUT2D eigenvalue weighted by atomic mass is 9.99. The Bertz CT molecular complexity index is 292. The van der Waals surface area contributed by atoms with Crippen molar-refractivity contribution in [1.29, 1.82) is 0 Å². The number of methoxy groups -OCH3 is 1. The second-order valence-corrected chi connectivity index (χ2v) is 3.60. The van der Waals surface area contributed by atoms with E-state index < -0.39 is 24.0 Å². The van der Waals surface area contributed by atoms with Crippen LogP contribution in [0.25, 0.3) is 0 Å². The normalized spacial score (nSPS) is 13.4. The molecule has 0 saturated heterocycles. The van der Waals surface area contributed by atoms with Crippen LogP contribution in [0, 0.1) is 5.92 Å². The van der Waals surface area contributed by atoms with Crippen molar-refractivity contribution in [1.82, 2.24) is 10.6 Å². The van der Waals surface area contributed by atoms with E-state index in [0.29, 0.717) is 6.42 Å². The van der Waals surface area contributed by atoms with Crippen LogP contribution in [0.15, 0.2) is 0 Å². The van der Waals surface area contributed by atoms with Crippen LogP contribution < -0.4 is 10.6 Å². The molecule has 0 saturated carbocycles. The van der Waals surface area contributed by atoms with Crippen LogP contribution in [0.2, 0.25) is 0 Å². The molecule has 2 amide bonds. The maximum Gasteiger partial charge on any atom is 0.326 e. The number of carbonyl (C=O) groups is 3. The first-order chi connectivity index (χ1) is 7.92. The molecule has 0 aromatic heterocycles. The van der Waals surface area contributed by atoms with Crippen molar-refractivity contribution in [3.63, 3.8) is 0 Å². The molecule has 7 nitrogen and oxygen atoms in total. The quantitative estimate of drug-likeness (QED) is 0.570. The minimum atomic E-state index is -1.10. The number of amides is 2. The third-order valence-electron chi connectivity index (χ3n) is 2.39. The van der Waals surface area contributed by atoms with Crippen LogP contribution in [-0.4, -0.2) is 42.8 Å². The van der Waals surface area contributed by atoms with Crippen LogP contribution in [-0.2, 0) is 14.3 Å². The number of hydrogen-bond donors (Lipinski definition) is 3. The summed E-state index contributed by atoms with van der Waals surface area (Å²) >= 11 is 0. The van der Waals surface area contributed by atoms with E-state index in [9.17, 15) is 14.4 Å². The molecule has 0 bridgehead atoms. The summed E-state index contributed by atoms with van der Waals surface area (Å²) in [5.41, 5.74) is 0. The average molecular weight is 246 g/mol. The Kier molecular flexibility index (Phi) is 6.69. The van der Waals surface area contributed by atoms with E-state index in [4.69, 9.17) is 5.11 Å². The van der Waals surface area contributed by atoms with Gasteiger partial charge in [-0.15, -0.1) is 0 Å². The molecule has 0 aromatic carbocycles. The van der Waals surface area contributed by atoms with Crippen molar-refractivity contribution in [2.75, 3.05) is 13.7 Å². The highest BCUT2D eigenvalue weighted by molar-refractivity contribution is 5.85. The van der Waals surface area contributed by atoms with E-state index in [0.717, 1.165) is 0 Å². The number of aliphatic carboxylic acids is 1. The number of hydrogen-bond acceptors (Lipinski definition) is 4. The van der Waals surface area contributed by atoms with Gasteiger partial charge in [-0.25, -0.2) is 9.59 Å². The van der Waals surface area contributed by atoms with Crippen LogP contribution in [0.4, 0.5) is 4.79 Å². The van der Waals surface area contributed by atoms with Crippen LogP contribution in [0.3, 0.4) is 0 Å². The summed E-state index contributed by atoms with van der Waals surface area (Å²) in [7, 11) is 1.20. The highest BCUT2D eigenvalue weighted by Crippen LogP contribution is 2.07. The van der Waals surface area contributed by atoms with Gasteiger partial charge in [0, 0.05) is 0 Å². The Balaban J connectivity index is 4.22. The number of esters is 1. The van der Waals surface area contributed by atoms with Crippen molar-refractivity contribution in [3.8, 4) is 0 Å². The molecule has 0 heterocycles. The zero-order valence-electron chi connectivity index (χ0n) is 10.1. The molecule has 0 fully saturated rings. The van der Waals surface area contributed by atoms with Gasteiger partial charge in [-0.2, -0.15) is 0 Å². The van der Waals surface area contributed by atoms with E-state index in [1.165, 1.54) is 7.11 Å². The van der Waals surface area contributed by atoms with E-state index in [1.807, 2.05) is 6.92 Å². The van der Waals surface area contributed by atoms with Gasteiger partial charge < -0.3 is 20.5 Å². The summed E-state index contributed by atoms with van der Waals surface area (Å²) < 4.78 is 4.32. The number of urea groups is 1. The molecule has 0 radical (unpaired) electrons. The molecule has 1 unspecified atom stereocenters. The smallest absolute Gasteiger partial charge is 0.326 e. The fourth-order valence-electron chi connectivity index (χ4n) is 1.10. The highest BCUT2D eigenvalue weighted by atomic mass is 16.5. The highest BCUT2D eigenvalue weighted by Gasteiger charge is 2.25. The first-order valence-electron chi connectivity index (χ1n) is 5.26. The van der Waals surface area contributed by atoms with Gasteiger partial charge in [0.05, 0.1) is 7.11 Å². The second-order valence-electron chi connectivity index (χ2n) is 3.60. The summed E-state index contributed by atoms with van der Waals surface area (Å²) in [5, 5.41) is 13.4. The monoisotopic (exact) mass is 246 g/mol. The number of carbonyl (C=O) groups excluding carboxylic acids is 2. The minimum Gasteiger partial charge on any atom is -0.480 e. The zero-order valence-corrected chi connectivity index (χ0v) is 10.1. The van der Waals surface area contributed by atoms with Crippen molar-refractivity contribution in [3.05, 3.63) is 0 Å². The average Bonchev–Trinajstić information content (AvgIpc) is 2.31. The predicted molar refractivity (Wildman–Crippen MR) is 59.4 cm³/mol. The van der Waals surface area contributed by atoms with Crippen LogP contribution in [0.5, 0.6) is 0 Å². The fraction of sp³-hybridized carbons (Fsp3) is 0.700. The molecule has 17 heavy (non-hydrogen) atoms. The molecule has 3 N–H and O–H groups in total. The maximum absolute atomic E-state index is 11.3. The van der Waals surface area contributed by atoms with Gasteiger partial charge in [0.2, 0.25) is 0 Å². The first kappa shape index (κ1) is 15.2. The van der Waals surface area contributed by atoms with Gasteiger partial charge in [-0.05, 0) is 5.92 Å². The molecule has 0 spiro atoms. The van der Waals surface area contributed by atoms with Crippen molar-refractivity contribution in [2.45, 2.75) is 26.3 Å². The Morgan fingerprint density at radius 3 is 2.35 bits per heavy atom. The van der Waals surface area contributed by atoms with Gasteiger partial charge in [-0.3, -0.25) is 4.79 Å². The first-order valence-corrected chi connectivity index (χ1v) is 5.26. The lowest BCUT2D eigenvalue weighted by Gasteiger charge is -2.20. The largest absolute Gasteiger partial charge is 0.480 e. The minimum absolute atomic E-state index is 0.198. The zero-order chi connectivity index (χ0) is 13.4. The van der Waals surface area contributed by atoms with Crippen molar-refractivity contribution < 1.29 is 24.2 Å². The molecular formula is C10H18N2O5. The Morgan fingerprint density at radius 2 is 1.94 bits per heavy atom. The Hall–Kier alpha value is -1.79. The topological polar surface area (TPSA) is 105 Å². The third-order valence-corrected chi connectivity index (χ3v) is 2.39. The standard InChI is InChI=1S/C10H18N2O5/c1-4-6(2)8(9(14)15)12-10(16)11-5-7(13)17-3/h6,8H,4-5H2,1-3H3,(H,14,15)(H2,11,12,16)/t6?,8-/m0/s1. The Labute approximate surface area is 99.5 Å². The molecule has 0 aliphatic heterocycles. The molecule has 0 aliphatic rings. The SMILES string of the molecule is CCC(C)[C@H](NC(=O)NCC(=O)OC)C(=O)O. The number of ether oxygens (including phenoxy) is 1. The van der Waals surface area contributed by atoms with E-state index >= 15 is 0 Å². The van der Waals surface area contributed by atoms with Crippen LogP contribution in [0.1, 0.15) is 20.3 Å². The lowest BCUT2D eigenvalue weighted by molar-refractivity contribution is -0.140. The summed E-state index contributed by atoms with van der Waals surface area (Å²) in [6, 6.07) is -1.68. The van der Waals surface area contributed by atoms with Crippen molar-refractivity contribution >= 4 is 18.0 Å². The van der Waals surface area contributed by atoms with E-state index in [2.05, 4.69) is 15.4 Å².